The van der Waals surface area contributed by atoms with Gasteiger partial charge >= 0.3 is 0 Å². The van der Waals surface area contributed by atoms with Crippen molar-refractivity contribution in [3.8, 4) is 0 Å². The molecule has 6 nitrogen and oxygen atoms in total. The number of amides is 2. The summed E-state index contributed by atoms with van der Waals surface area (Å²) in [6, 6.07) is 7.29. The summed E-state index contributed by atoms with van der Waals surface area (Å²) in [5.74, 6) is -0.164. The van der Waals surface area contributed by atoms with E-state index in [1.54, 1.807) is 6.92 Å². The van der Waals surface area contributed by atoms with Crippen LogP contribution in [-0.2, 0) is 14.4 Å². The minimum absolute atomic E-state index is 0.199. The van der Waals surface area contributed by atoms with Gasteiger partial charge in [-0.3, -0.25) is 9.59 Å². The molecule has 1 aliphatic rings. The van der Waals surface area contributed by atoms with Crippen molar-refractivity contribution in [2.75, 3.05) is 6.54 Å². The van der Waals surface area contributed by atoms with Gasteiger partial charge in [0.1, 0.15) is 6.04 Å². The molecule has 1 aromatic rings. The molecule has 0 saturated heterocycles. The van der Waals surface area contributed by atoms with E-state index >= 15 is 0 Å². The van der Waals surface area contributed by atoms with Crippen molar-refractivity contribution in [1.29, 1.82) is 0 Å². The number of rotatable bonds is 6. The first kappa shape index (κ1) is 18.0. The van der Waals surface area contributed by atoms with Crippen molar-refractivity contribution >= 4 is 17.5 Å². The standard InChI is InChI=1S/C18H25N3O3/c1-11(2)10-19-17(22)13(4)20-18(23)16-9-15(21-24-16)14-7-5-12(3)6-8-14/h5-8,11,13,16H,9-10H2,1-4H3,(H,19,22)(H,20,23)/t13-,16-/m0/s1. The Balaban J connectivity index is 1.84. The Morgan fingerprint density at radius 3 is 2.54 bits per heavy atom. The molecule has 2 atom stereocenters. The lowest BCUT2D eigenvalue weighted by atomic mass is 10.0. The third-order valence-electron chi connectivity index (χ3n) is 3.78. The first-order valence-corrected chi connectivity index (χ1v) is 8.24. The van der Waals surface area contributed by atoms with E-state index in [9.17, 15) is 9.59 Å². The monoisotopic (exact) mass is 331 g/mol. The lowest BCUT2D eigenvalue weighted by Gasteiger charge is -2.16. The van der Waals surface area contributed by atoms with Crippen LogP contribution in [0.2, 0.25) is 0 Å². The normalized spacial score (nSPS) is 17.9. The zero-order chi connectivity index (χ0) is 17.7. The fraction of sp³-hybridized carbons (Fsp3) is 0.500. The molecule has 0 saturated carbocycles. The number of carbonyl (C=O) groups is 2. The van der Waals surface area contributed by atoms with Gasteiger partial charge in [-0.25, -0.2) is 0 Å². The number of nitrogens with one attached hydrogen (secondary N) is 2. The summed E-state index contributed by atoms with van der Waals surface area (Å²) in [5, 5.41) is 9.48. The topological polar surface area (TPSA) is 79.8 Å². The number of oxime groups is 1. The molecule has 2 N–H and O–H groups in total. The SMILES string of the molecule is Cc1ccc(C2=NO[C@H](C(=O)N[C@@H](C)C(=O)NCC(C)C)C2)cc1. The number of aryl methyl sites for hydroxylation is 1. The molecule has 1 aliphatic heterocycles. The molecule has 1 heterocycles. The van der Waals surface area contributed by atoms with E-state index in [2.05, 4.69) is 15.8 Å². The Morgan fingerprint density at radius 1 is 1.25 bits per heavy atom. The second-order valence-corrected chi connectivity index (χ2v) is 6.57. The molecule has 1 aromatic carbocycles. The van der Waals surface area contributed by atoms with E-state index in [1.807, 2.05) is 45.0 Å². The number of nitrogens with zero attached hydrogens (tertiary/aromatic N) is 1. The van der Waals surface area contributed by atoms with Crippen molar-refractivity contribution in [2.24, 2.45) is 11.1 Å². The Kier molecular flexibility index (Phi) is 5.95. The van der Waals surface area contributed by atoms with Gasteiger partial charge in [0.25, 0.3) is 5.91 Å². The molecule has 0 aliphatic carbocycles. The third kappa shape index (κ3) is 4.81. The van der Waals surface area contributed by atoms with E-state index in [4.69, 9.17) is 4.84 Å². The number of benzene rings is 1. The van der Waals surface area contributed by atoms with E-state index in [-0.39, 0.29) is 11.8 Å². The quantitative estimate of drug-likeness (QED) is 0.834. The third-order valence-corrected chi connectivity index (χ3v) is 3.78. The molecule has 24 heavy (non-hydrogen) atoms. The van der Waals surface area contributed by atoms with Crippen LogP contribution in [0.1, 0.15) is 38.3 Å². The van der Waals surface area contributed by atoms with Gasteiger partial charge in [0.15, 0.2) is 0 Å². The Morgan fingerprint density at radius 2 is 1.92 bits per heavy atom. The summed E-state index contributed by atoms with van der Waals surface area (Å²) in [5.41, 5.74) is 2.85. The summed E-state index contributed by atoms with van der Waals surface area (Å²) in [7, 11) is 0. The van der Waals surface area contributed by atoms with Crippen LogP contribution in [0.3, 0.4) is 0 Å². The molecule has 2 rings (SSSR count). The predicted molar refractivity (Wildman–Crippen MR) is 92.7 cm³/mol. The smallest absolute Gasteiger partial charge is 0.264 e. The van der Waals surface area contributed by atoms with Gasteiger partial charge in [-0.05, 0) is 25.3 Å². The summed E-state index contributed by atoms with van der Waals surface area (Å²) in [6.45, 7) is 8.28. The average molecular weight is 331 g/mol. The van der Waals surface area contributed by atoms with Crippen LogP contribution in [-0.4, -0.2) is 36.2 Å². The zero-order valence-electron chi connectivity index (χ0n) is 14.6. The van der Waals surface area contributed by atoms with E-state index in [1.165, 1.54) is 0 Å². The minimum Gasteiger partial charge on any atom is -0.382 e. The minimum atomic E-state index is -0.693. The molecule has 130 valence electrons. The largest absolute Gasteiger partial charge is 0.382 e. The van der Waals surface area contributed by atoms with E-state index in [0.717, 1.165) is 16.8 Å². The van der Waals surface area contributed by atoms with Gasteiger partial charge in [-0.2, -0.15) is 0 Å². The maximum atomic E-state index is 12.2. The number of carbonyl (C=O) groups excluding carboxylic acids is 2. The average Bonchev–Trinajstić information content (AvgIpc) is 3.03. The Bertz CT molecular complexity index is 623. The predicted octanol–water partition coefficient (Wildman–Crippen LogP) is 1.76. The molecule has 0 spiro atoms. The van der Waals surface area contributed by atoms with Crippen molar-refractivity contribution < 1.29 is 14.4 Å². The lowest BCUT2D eigenvalue weighted by molar-refractivity contribution is -0.135. The fourth-order valence-corrected chi connectivity index (χ4v) is 2.26. The Hall–Kier alpha value is -2.37. The van der Waals surface area contributed by atoms with Crippen LogP contribution in [0.4, 0.5) is 0 Å². The molecular formula is C18H25N3O3. The molecule has 0 aromatic heterocycles. The lowest BCUT2D eigenvalue weighted by Crippen LogP contribution is -2.48. The van der Waals surface area contributed by atoms with Crippen LogP contribution in [0, 0.1) is 12.8 Å². The Labute approximate surface area is 142 Å². The van der Waals surface area contributed by atoms with Crippen LogP contribution in [0.25, 0.3) is 0 Å². The number of hydrogen-bond donors (Lipinski definition) is 2. The molecule has 6 heteroatoms. The van der Waals surface area contributed by atoms with E-state index < -0.39 is 12.1 Å². The van der Waals surface area contributed by atoms with Gasteiger partial charge in [-0.15, -0.1) is 0 Å². The molecular weight excluding hydrogens is 306 g/mol. The summed E-state index contributed by atoms with van der Waals surface area (Å²) >= 11 is 0. The summed E-state index contributed by atoms with van der Waals surface area (Å²) < 4.78 is 0. The highest BCUT2D eigenvalue weighted by molar-refractivity contribution is 6.04. The molecule has 0 unspecified atom stereocenters. The van der Waals surface area contributed by atoms with Gasteiger partial charge in [0.05, 0.1) is 5.71 Å². The first-order chi connectivity index (χ1) is 11.4. The molecule has 0 radical (unpaired) electrons. The van der Waals surface area contributed by atoms with Crippen LogP contribution in [0.5, 0.6) is 0 Å². The van der Waals surface area contributed by atoms with Gasteiger partial charge < -0.3 is 15.5 Å². The molecule has 0 fully saturated rings. The maximum Gasteiger partial charge on any atom is 0.264 e. The molecule has 0 bridgehead atoms. The zero-order valence-corrected chi connectivity index (χ0v) is 14.6. The van der Waals surface area contributed by atoms with Crippen molar-refractivity contribution in [3.63, 3.8) is 0 Å². The maximum absolute atomic E-state index is 12.2. The van der Waals surface area contributed by atoms with Crippen LogP contribution < -0.4 is 10.6 Å². The van der Waals surface area contributed by atoms with Crippen LogP contribution in [0.15, 0.2) is 29.4 Å². The highest BCUT2D eigenvalue weighted by Gasteiger charge is 2.30. The van der Waals surface area contributed by atoms with Crippen molar-refractivity contribution in [2.45, 2.75) is 46.3 Å². The second kappa shape index (κ2) is 7.95. The van der Waals surface area contributed by atoms with Crippen molar-refractivity contribution in [3.05, 3.63) is 35.4 Å². The van der Waals surface area contributed by atoms with Gasteiger partial charge in [-0.1, -0.05) is 48.8 Å². The van der Waals surface area contributed by atoms with Gasteiger partial charge in [0, 0.05) is 13.0 Å². The molecule has 2 amide bonds. The highest BCUT2D eigenvalue weighted by atomic mass is 16.6. The first-order valence-electron chi connectivity index (χ1n) is 8.24. The van der Waals surface area contributed by atoms with E-state index in [0.29, 0.717) is 18.9 Å². The number of hydrogen-bond acceptors (Lipinski definition) is 4. The van der Waals surface area contributed by atoms with Crippen LogP contribution >= 0.6 is 0 Å². The second-order valence-electron chi connectivity index (χ2n) is 6.57. The van der Waals surface area contributed by atoms with Gasteiger partial charge in [0.2, 0.25) is 12.0 Å². The summed E-state index contributed by atoms with van der Waals surface area (Å²) in [6.07, 6.45) is -0.295. The summed E-state index contributed by atoms with van der Waals surface area (Å²) in [4.78, 5) is 29.4. The fourth-order valence-electron chi connectivity index (χ4n) is 2.26. The van der Waals surface area contributed by atoms with Crippen molar-refractivity contribution in [1.82, 2.24) is 10.6 Å². The highest BCUT2D eigenvalue weighted by Crippen LogP contribution is 2.17.